The van der Waals surface area contributed by atoms with E-state index in [1.165, 1.54) is 0 Å². The van der Waals surface area contributed by atoms with Gasteiger partial charge in [0.05, 0.1) is 25.9 Å². The summed E-state index contributed by atoms with van der Waals surface area (Å²) >= 11 is 0. The van der Waals surface area contributed by atoms with Gasteiger partial charge in [0.25, 0.3) is 0 Å². The van der Waals surface area contributed by atoms with Gasteiger partial charge in [0, 0.05) is 18.5 Å². The lowest BCUT2D eigenvalue weighted by Crippen LogP contribution is -2.40. The lowest BCUT2D eigenvalue weighted by Gasteiger charge is -2.23. The molecule has 3 N–H and O–H groups in total. The molecule has 0 saturated carbocycles. The van der Waals surface area contributed by atoms with E-state index in [1.807, 2.05) is 13.8 Å². The maximum Gasteiger partial charge on any atom is 0.220 e. The molecule has 0 aliphatic carbocycles. The van der Waals surface area contributed by atoms with Crippen LogP contribution in [0.15, 0.2) is 0 Å². The van der Waals surface area contributed by atoms with Crippen molar-refractivity contribution in [1.82, 2.24) is 5.32 Å². The Bertz CT molecular complexity index is 220. The van der Waals surface area contributed by atoms with Crippen molar-refractivity contribution in [2.45, 2.75) is 38.3 Å². The van der Waals surface area contributed by atoms with Gasteiger partial charge in [0.15, 0.2) is 0 Å². The standard InChI is InChI=1S/C11H22N2O3/c1-11(2,12)4-3-10(14)13-7-9-8-15-5-6-16-9/h9H,3-8,12H2,1-2H3,(H,13,14). The molecule has 1 amide bonds. The quantitative estimate of drug-likeness (QED) is 0.699. The van der Waals surface area contributed by atoms with E-state index in [0.29, 0.717) is 39.2 Å². The molecule has 94 valence electrons. The van der Waals surface area contributed by atoms with Gasteiger partial charge in [0.1, 0.15) is 0 Å². The average Bonchev–Trinajstić information content (AvgIpc) is 2.24. The highest BCUT2D eigenvalue weighted by Crippen LogP contribution is 2.06. The first kappa shape index (κ1) is 13.4. The van der Waals surface area contributed by atoms with Crippen molar-refractivity contribution in [3.63, 3.8) is 0 Å². The van der Waals surface area contributed by atoms with Gasteiger partial charge in [-0.1, -0.05) is 0 Å². The molecule has 0 radical (unpaired) electrons. The highest BCUT2D eigenvalue weighted by Gasteiger charge is 2.16. The molecule has 1 rings (SSSR count). The normalized spacial score (nSPS) is 21.8. The largest absolute Gasteiger partial charge is 0.376 e. The third kappa shape index (κ3) is 6.05. The van der Waals surface area contributed by atoms with Crippen LogP contribution in [0.25, 0.3) is 0 Å². The van der Waals surface area contributed by atoms with Crippen molar-refractivity contribution in [1.29, 1.82) is 0 Å². The maximum absolute atomic E-state index is 11.5. The highest BCUT2D eigenvalue weighted by molar-refractivity contribution is 5.75. The third-order valence-electron chi connectivity index (χ3n) is 2.41. The molecule has 1 fully saturated rings. The third-order valence-corrected chi connectivity index (χ3v) is 2.41. The summed E-state index contributed by atoms with van der Waals surface area (Å²) in [4.78, 5) is 11.5. The van der Waals surface area contributed by atoms with Crippen LogP contribution in [0.1, 0.15) is 26.7 Å². The van der Waals surface area contributed by atoms with Crippen LogP contribution in [0.5, 0.6) is 0 Å². The summed E-state index contributed by atoms with van der Waals surface area (Å²) in [7, 11) is 0. The summed E-state index contributed by atoms with van der Waals surface area (Å²) in [5.41, 5.74) is 5.51. The van der Waals surface area contributed by atoms with E-state index in [0.717, 1.165) is 0 Å². The molecule has 0 aromatic heterocycles. The number of nitrogens with one attached hydrogen (secondary N) is 1. The number of hydrogen-bond donors (Lipinski definition) is 2. The minimum Gasteiger partial charge on any atom is -0.376 e. The van der Waals surface area contributed by atoms with Crippen LogP contribution in [0, 0.1) is 0 Å². The Labute approximate surface area is 96.7 Å². The zero-order valence-corrected chi connectivity index (χ0v) is 10.1. The number of nitrogens with two attached hydrogens (primary N) is 1. The molecule has 1 aliphatic heterocycles. The fourth-order valence-electron chi connectivity index (χ4n) is 1.41. The molecule has 1 heterocycles. The number of carbonyl (C=O) groups excluding carboxylic acids is 1. The molecule has 0 spiro atoms. The van der Waals surface area contributed by atoms with Crippen LogP contribution >= 0.6 is 0 Å². The number of ether oxygens (including phenoxy) is 2. The second-order valence-corrected chi connectivity index (χ2v) is 4.86. The van der Waals surface area contributed by atoms with Gasteiger partial charge in [-0.25, -0.2) is 0 Å². The topological polar surface area (TPSA) is 73.6 Å². The van der Waals surface area contributed by atoms with E-state index < -0.39 is 0 Å². The van der Waals surface area contributed by atoms with Gasteiger partial charge in [-0.15, -0.1) is 0 Å². The predicted octanol–water partition coefficient (Wildman–Crippen LogP) is 0.0355. The summed E-state index contributed by atoms with van der Waals surface area (Å²) < 4.78 is 10.6. The van der Waals surface area contributed by atoms with Gasteiger partial charge < -0.3 is 20.5 Å². The summed E-state index contributed by atoms with van der Waals surface area (Å²) in [5.74, 6) is 0.0210. The molecule has 1 aliphatic rings. The first-order valence-electron chi connectivity index (χ1n) is 5.72. The molecule has 0 bridgehead atoms. The van der Waals surface area contributed by atoms with Crippen LogP contribution in [-0.4, -0.2) is 43.9 Å². The Kier molecular flexibility index (Phi) is 5.18. The molecule has 5 nitrogen and oxygen atoms in total. The molecule has 5 heteroatoms. The lowest BCUT2D eigenvalue weighted by molar-refractivity contribution is -0.124. The van der Waals surface area contributed by atoms with Gasteiger partial charge in [-0.05, 0) is 20.3 Å². The van der Waals surface area contributed by atoms with E-state index in [2.05, 4.69) is 5.32 Å². The lowest BCUT2D eigenvalue weighted by atomic mass is 10.00. The van der Waals surface area contributed by atoms with Gasteiger partial charge in [-0.3, -0.25) is 4.79 Å². The molecule has 0 aromatic rings. The van der Waals surface area contributed by atoms with Crippen LogP contribution < -0.4 is 11.1 Å². The average molecular weight is 230 g/mol. The molecule has 16 heavy (non-hydrogen) atoms. The van der Waals surface area contributed by atoms with Crippen LogP contribution in [0.3, 0.4) is 0 Å². The monoisotopic (exact) mass is 230 g/mol. The Morgan fingerprint density at radius 2 is 2.25 bits per heavy atom. The smallest absolute Gasteiger partial charge is 0.220 e. The van der Waals surface area contributed by atoms with E-state index in [9.17, 15) is 4.79 Å². The first-order valence-corrected chi connectivity index (χ1v) is 5.72. The molecule has 0 aromatic carbocycles. The Hall–Kier alpha value is -0.650. The van der Waals surface area contributed by atoms with Crippen LogP contribution in [-0.2, 0) is 14.3 Å². The zero-order valence-electron chi connectivity index (χ0n) is 10.1. The van der Waals surface area contributed by atoms with Crippen molar-refractivity contribution in [3.05, 3.63) is 0 Å². The second kappa shape index (κ2) is 6.18. The summed E-state index contributed by atoms with van der Waals surface area (Å²) in [6.45, 7) is 6.16. The van der Waals surface area contributed by atoms with E-state index in [-0.39, 0.29) is 17.6 Å². The molecule has 1 unspecified atom stereocenters. The number of hydrogen-bond acceptors (Lipinski definition) is 4. The van der Waals surface area contributed by atoms with Gasteiger partial charge >= 0.3 is 0 Å². The Morgan fingerprint density at radius 1 is 1.50 bits per heavy atom. The van der Waals surface area contributed by atoms with E-state index >= 15 is 0 Å². The van der Waals surface area contributed by atoms with Crippen molar-refractivity contribution >= 4 is 5.91 Å². The zero-order chi connectivity index (χ0) is 12.0. The number of carbonyl (C=O) groups is 1. The highest BCUT2D eigenvalue weighted by atomic mass is 16.6. The molecule has 1 saturated heterocycles. The molecular weight excluding hydrogens is 208 g/mol. The Balaban J connectivity index is 2.09. The van der Waals surface area contributed by atoms with Crippen molar-refractivity contribution in [2.24, 2.45) is 5.73 Å². The maximum atomic E-state index is 11.5. The fourth-order valence-corrected chi connectivity index (χ4v) is 1.41. The number of rotatable bonds is 5. The SMILES string of the molecule is CC(C)(N)CCC(=O)NCC1COCCO1. The second-order valence-electron chi connectivity index (χ2n) is 4.86. The molecule has 1 atom stereocenters. The number of amides is 1. The van der Waals surface area contributed by atoms with E-state index in [1.54, 1.807) is 0 Å². The van der Waals surface area contributed by atoms with Crippen molar-refractivity contribution in [2.75, 3.05) is 26.4 Å². The van der Waals surface area contributed by atoms with Crippen molar-refractivity contribution < 1.29 is 14.3 Å². The van der Waals surface area contributed by atoms with Crippen LogP contribution in [0.4, 0.5) is 0 Å². The minimum absolute atomic E-state index is 0.0106. The fraction of sp³-hybridized carbons (Fsp3) is 0.909. The van der Waals surface area contributed by atoms with Gasteiger partial charge in [-0.2, -0.15) is 0 Å². The van der Waals surface area contributed by atoms with E-state index in [4.69, 9.17) is 15.2 Å². The van der Waals surface area contributed by atoms with Crippen molar-refractivity contribution in [3.8, 4) is 0 Å². The van der Waals surface area contributed by atoms with Crippen LogP contribution in [0.2, 0.25) is 0 Å². The minimum atomic E-state index is -0.290. The Morgan fingerprint density at radius 3 is 2.81 bits per heavy atom. The molecular formula is C11H22N2O3. The summed E-state index contributed by atoms with van der Waals surface area (Å²) in [6.07, 6.45) is 1.13. The van der Waals surface area contributed by atoms with Gasteiger partial charge in [0.2, 0.25) is 5.91 Å². The summed E-state index contributed by atoms with van der Waals surface area (Å²) in [6, 6.07) is 0. The predicted molar refractivity (Wildman–Crippen MR) is 61.1 cm³/mol. The summed E-state index contributed by atoms with van der Waals surface area (Å²) in [5, 5.41) is 2.83. The first-order chi connectivity index (χ1) is 7.47.